The number of aryl methyl sites for hydroxylation is 2. The summed E-state index contributed by atoms with van der Waals surface area (Å²) in [5.74, 6) is 0.204. The standard InChI is InChI=1S/C19H27N5O/c1-16-5-4-6-18(11-16)23-7-9-24(10-8-23)19(25)15-21(2)13-17-12-20-22(3)14-17/h4-6,11-12,14H,7-10,13,15H2,1-3H3. The molecule has 1 fully saturated rings. The predicted octanol–water partition coefficient (Wildman–Crippen LogP) is 1.51. The van der Waals surface area contributed by atoms with Gasteiger partial charge in [-0.1, -0.05) is 12.1 Å². The number of carbonyl (C=O) groups excluding carboxylic acids is 1. The van der Waals surface area contributed by atoms with Crippen LogP contribution in [0.15, 0.2) is 36.7 Å². The van der Waals surface area contributed by atoms with Gasteiger partial charge in [0.1, 0.15) is 0 Å². The van der Waals surface area contributed by atoms with E-state index in [9.17, 15) is 4.79 Å². The number of aromatic nitrogens is 2. The lowest BCUT2D eigenvalue weighted by Gasteiger charge is -2.36. The van der Waals surface area contributed by atoms with Crippen molar-refractivity contribution >= 4 is 11.6 Å². The molecule has 3 rings (SSSR count). The Morgan fingerprint density at radius 1 is 1.24 bits per heavy atom. The zero-order chi connectivity index (χ0) is 17.8. The minimum Gasteiger partial charge on any atom is -0.368 e. The molecule has 0 bridgehead atoms. The largest absolute Gasteiger partial charge is 0.368 e. The third kappa shape index (κ3) is 4.60. The van der Waals surface area contributed by atoms with Crippen LogP contribution >= 0.6 is 0 Å². The molecule has 6 nitrogen and oxygen atoms in total. The molecule has 25 heavy (non-hydrogen) atoms. The summed E-state index contributed by atoms with van der Waals surface area (Å²) in [5, 5.41) is 4.17. The second-order valence-electron chi connectivity index (χ2n) is 6.90. The molecule has 0 radical (unpaired) electrons. The summed E-state index contributed by atoms with van der Waals surface area (Å²) >= 11 is 0. The van der Waals surface area contributed by atoms with E-state index in [4.69, 9.17) is 0 Å². The molecule has 1 aliphatic heterocycles. The lowest BCUT2D eigenvalue weighted by Crippen LogP contribution is -2.51. The summed E-state index contributed by atoms with van der Waals surface area (Å²) in [5.41, 5.74) is 3.65. The maximum atomic E-state index is 12.5. The number of carbonyl (C=O) groups is 1. The highest BCUT2D eigenvalue weighted by molar-refractivity contribution is 5.78. The first-order valence-electron chi connectivity index (χ1n) is 8.77. The van der Waals surface area contributed by atoms with E-state index in [0.717, 1.165) is 38.3 Å². The highest BCUT2D eigenvalue weighted by Crippen LogP contribution is 2.18. The number of anilines is 1. The smallest absolute Gasteiger partial charge is 0.236 e. The minimum absolute atomic E-state index is 0.204. The Kier molecular flexibility index (Phi) is 5.38. The van der Waals surface area contributed by atoms with Crippen molar-refractivity contribution in [3.05, 3.63) is 47.8 Å². The Hall–Kier alpha value is -2.34. The first kappa shape index (κ1) is 17.5. The molecule has 6 heteroatoms. The Morgan fingerprint density at radius 2 is 2.00 bits per heavy atom. The van der Waals surface area contributed by atoms with Gasteiger partial charge in [-0.05, 0) is 31.7 Å². The third-order valence-electron chi connectivity index (χ3n) is 4.62. The quantitative estimate of drug-likeness (QED) is 0.827. The fourth-order valence-electron chi connectivity index (χ4n) is 3.29. The van der Waals surface area contributed by atoms with Gasteiger partial charge in [0.25, 0.3) is 0 Å². The first-order valence-corrected chi connectivity index (χ1v) is 8.77. The lowest BCUT2D eigenvalue weighted by atomic mass is 10.2. The van der Waals surface area contributed by atoms with Crippen LogP contribution < -0.4 is 4.90 Å². The fourth-order valence-corrected chi connectivity index (χ4v) is 3.29. The van der Waals surface area contributed by atoms with Crippen molar-refractivity contribution in [2.24, 2.45) is 7.05 Å². The molecule has 0 atom stereocenters. The van der Waals surface area contributed by atoms with Crippen LogP contribution in [0, 0.1) is 6.92 Å². The Morgan fingerprint density at radius 3 is 2.64 bits per heavy atom. The number of nitrogens with zero attached hydrogens (tertiary/aromatic N) is 5. The zero-order valence-electron chi connectivity index (χ0n) is 15.4. The average molecular weight is 341 g/mol. The number of hydrogen-bond donors (Lipinski definition) is 0. The molecule has 1 aromatic carbocycles. The van der Waals surface area contributed by atoms with Crippen molar-refractivity contribution in [3.8, 4) is 0 Å². The molecular weight excluding hydrogens is 314 g/mol. The number of hydrogen-bond acceptors (Lipinski definition) is 4. The van der Waals surface area contributed by atoms with Gasteiger partial charge in [0.15, 0.2) is 0 Å². The molecule has 0 spiro atoms. The van der Waals surface area contributed by atoms with Gasteiger partial charge in [-0.15, -0.1) is 0 Å². The Balaban J connectivity index is 1.48. The summed E-state index contributed by atoms with van der Waals surface area (Å²) < 4.78 is 1.79. The van der Waals surface area contributed by atoms with Gasteiger partial charge in [-0.2, -0.15) is 5.10 Å². The average Bonchev–Trinajstić information content (AvgIpc) is 2.99. The number of piperazine rings is 1. The van der Waals surface area contributed by atoms with Crippen molar-refractivity contribution in [1.29, 1.82) is 0 Å². The molecule has 0 saturated carbocycles. The van der Waals surface area contributed by atoms with E-state index >= 15 is 0 Å². The van der Waals surface area contributed by atoms with E-state index in [2.05, 4.69) is 41.2 Å². The van der Waals surface area contributed by atoms with Crippen LogP contribution in [0.3, 0.4) is 0 Å². The molecule has 1 aliphatic rings. The van der Waals surface area contributed by atoms with Crippen LogP contribution in [0.5, 0.6) is 0 Å². The van der Waals surface area contributed by atoms with Gasteiger partial charge in [0, 0.05) is 57.2 Å². The van der Waals surface area contributed by atoms with Crippen LogP contribution in [0.1, 0.15) is 11.1 Å². The minimum atomic E-state index is 0.204. The van der Waals surface area contributed by atoms with Crippen LogP contribution in [-0.2, 0) is 18.4 Å². The maximum absolute atomic E-state index is 12.5. The topological polar surface area (TPSA) is 44.6 Å². The van der Waals surface area contributed by atoms with Crippen LogP contribution in [0.4, 0.5) is 5.69 Å². The highest BCUT2D eigenvalue weighted by Gasteiger charge is 2.22. The summed E-state index contributed by atoms with van der Waals surface area (Å²) in [6.07, 6.45) is 3.84. The molecular formula is C19H27N5O. The van der Waals surface area contributed by atoms with E-state index in [1.807, 2.05) is 36.3 Å². The summed E-state index contributed by atoms with van der Waals surface area (Å²) in [7, 11) is 3.89. The third-order valence-corrected chi connectivity index (χ3v) is 4.62. The van der Waals surface area contributed by atoms with Crippen molar-refractivity contribution < 1.29 is 4.79 Å². The zero-order valence-corrected chi connectivity index (χ0v) is 15.4. The van der Waals surface area contributed by atoms with Gasteiger partial charge in [0.2, 0.25) is 5.91 Å². The monoisotopic (exact) mass is 341 g/mol. The van der Waals surface area contributed by atoms with Crippen LogP contribution in [0.25, 0.3) is 0 Å². The number of likely N-dealkylation sites (N-methyl/N-ethyl adjacent to an activating group) is 1. The van der Waals surface area contributed by atoms with Gasteiger partial charge < -0.3 is 9.80 Å². The summed E-state index contributed by atoms with van der Waals surface area (Å²) in [6, 6.07) is 8.56. The van der Waals surface area contributed by atoms with Gasteiger partial charge in [0.05, 0.1) is 12.7 Å². The second kappa shape index (κ2) is 7.70. The van der Waals surface area contributed by atoms with E-state index in [1.165, 1.54) is 11.3 Å². The summed E-state index contributed by atoms with van der Waals surface area (Å²) in [4.78, 5) is 18.9. The fraction of sp³-hybridized carbons (Fsp3) is 0.474. The second-order valence-corrected chi connectivity index (χ2v) is 6.90. The molecule has 0 N–H and O–H groups in total. The number of amides is 1. The van der Waals surface area contributed by atoms with Crippen molar-refractivity contribution in [2.45, 2.75) is 13.5 Å². The molecule has 0 aliphatic carbocycles. The normalized spacial score (nSPS) is 15.0. The SMILES string of the molecule is Cc1cccc(N2CCN(C(=O)CN(C)Cc3cnn(C)c3)CC2)c1. The highest BCUT2D eigenvalue weighted by atomic mass is 16.2. The van der Waals surface area contributed by atoms with Gasteiger partial charge in [-0.25, -0.2) is 0 Å². The number of rotatable bonds is 5. The first-order chi connectivity index (χ1) is 12.0. The number of benzene rings is 1. The molecule has 0 unspecified atom stereocenters. The Labute approximate surface area is 149 Å². The predicted molar refractivity (Wildman–Crippen MR) is 99.5 cm³/mol. The van der Waals surface area contributed by atoms with E-state index in [0.29, 0.717) is 6.54 Å². The van der Waals surface area contributed by atoms with Crippen molar-refractivity contribution in [2.75, 3.05) is 44.7 Å². The van der Waals surface area contributed by atoms with E-state index < -0.39 is 0 Å². The molecule has 2 heterocycles. The Bertz CT molecular complexity index is 718. The molecule has 1 amide bonds. The summed E-state index contributed by atoms with van der Waals surface area (Å²) in [6.45, 7) is 6.65. The van der Waals surface area contributed by atoms with Gasteiger partial charge in [-0.3, -0.25) is 14.4 Å². The van der Waals surface area contributed by atoms with E-state index in [-0.39, 0.29) is 5.91 Å². The molecule has 134 valence electrons. The van der Waals surface area contributed by atoms with Crippen molar-refractivity contribution in [3.63, 3.8) is 0 Å². The van der Waals surface area contributed by atoms with Gasteiger partial charge >= 0.3 is 0 Å². The van der Waals surface area contributed by atoms with Crippen LogP contribution in [-0.4, -0.2) is 65.3 Å². The molecule has 1 aromatic heterocycles. The van der Waals surface area contributed by atoms with E-state index in [1.54, 1.807) is 4.68 Å². The maximum Gasteiger partial charge on any atom is 0.236 e. The lowest BCUT2D eigenvalue weighted by molar-refractivity contribution is -0.132. The molecule has 1 saturated heterocycles. The molecule has 2 aromatic rings. The van der Waals surface area contributed by atoms with Crippen molar-refractivity contribution in [1.82, 2.24) is 19.6 Å². The van der Waals surface area contributed by atoms with Crippen LogP contribution in [0.2, 0.25) is 0 Å².